The van der Waals surface area contributed by atoms with Crippen molar-refractivity contribution in [3.63, 3.8) is 0 Å². The smallest absolute Gasteiger partial charge is 0.0650 e. The maximum atomic E-state index is 4.64. The molecule has 4 aromatic rings. The van der Waals surface area contributed by atoms with Crippen molar-refractivity contribution in [3.8, 4) is 0 Å². The Labute approximate surface area is 184 Å². The topological polar surface area (TPSA) is 15.6 Å². The van der Waals surface area contributed by atoms with Gasteiger partial charge in [0.25, 0.3) is 0 Å². The Hall–Kier alpha value is -3.91. The fraction of sp³-hybridized carbons (Fsp3) is 0.0690. The van der Waals surface area contributed by atoms with Gasteiger partial charge < -0.3 is 4.90 Å². The molecule has 0 saturated heterocycles. The van der Waals surface area contributed by atoms with E-state index in [-0.39, 0.29) is 0 Å². The van der Waals surface area contributed by atoms with E-state index < -0.39 is 0 Å². The molecule has 2 heteroatoms. The molecule has 152 valence electrons. The van der Waals surface area contributed by atoms with Crippen LogP contribution in [0.3, 0.4) is 0 Å². The van der Waals surface area contributed by atoms with Gasteiger partial charge in [0.2, 0.25) is 0 Å². The van der Waals surface area contributed by atoms with Gasteiger partial charge in [-0.25, -0.2) is 0 Å². The second-order valence-corrected chi connectivity index (χ2v) is 7.40. The zero-order valence-corrected chi connectivity index (χ0v) is 17.5. The largest absolute Gasteiger partial charge is 0.363 e. The van der Waals surface area contributed by atoms with Crippen LogP contribution in [0.5, 0.6) is 0 Å². The Morgan fingerprint density at radius 1 is 0.613 bits per heavy atom. The average Bonchev–Trinajstić information content (AvgIpc) is 2.84. The van der Waals surface area contributed by atoms with Crippen molar-refractivity contribution >= 4 is 23.7 Å². The molecule has 2 nitrogen and oxygen atoms in total. The maximum Gasteiger partial charge on any atom is 0.0650 e. The van der Waals surface area contributed by atoms with E-state index in [0.717, 1.165) is 24.5 Å². The summed E-state index contributed by atoms with van der Waals surface area (Å²) < 4.78 is 0. The van der Waals surface area contributed by atoms with Gasteiger partial charge in [-0.3, -0.25) is 4.99 Å². The van der Waals surface area contributed by atoms with Gasteiger partial charge in [0.1, 0.15) is 0 Å². The third-order valence-electron chi connectivity index (χ3n) is 5.03. The van der Waals surface area contributed by atoms with E-state index in [9.17, 15) is 0 Å². The van der Waals surface area contributed by atoms with Gasteiger partial charge in [-0.1, -0.05) is 103 Å². The molecule has 0 aliphatic carbocycles. The molecular weight excluding hydrogens is 376 g/mol. The van der Waals surface area contributed by atoms with Crippen molar-refractivity contribution in [2.24, 2.45) is 4.99 Å². The van der Waals surface area contributed by atoms with Crippen molar-refractivity contribution in [3.05, 3.63) is 138 Å². The molecule has 0 radical (unpaired) electrons. The van der Waals surface area contributed by atoms with Gasteiger partial charge >= 0.3 is 0 Å². The normalized spacial score (nSPS) is 11.2. The number of nitrogens with zero attached hydrogens (tertiary/aromatic N) is 2. The van der Waals surface area contributed by atoms with Crippen molar-refractivity contribution in [1.29, 1.82) is 0 Å². The summed E-state index contributed by atoms with van der Waals surface area (Å²) in [4.78, 5) is 7.03. The third-order valence-corrected chi connectivity index (χ3v) is 5.03. The predicted molar refractivity (Wildman–Crippen MR) is 133 cm³/mol. The molecule has 0 N–H and O–H groups in total. The van der Waals surface area contributed by atoms with Crippen molar-refractivity contribution in [2.45, 2.75) is 13.1 Å². The number of hydrogen-bond acceptors (Lipinski definition) is 2. The minimum atomic E-state index is 0.844. The zero-order chi connectivity index (χ0) is 21.1. The first-order valence-electron chi connectivity index (χ1n) is 10.6. The fourth-order valence-electron chi connectivity index (χ4n) is 3.46. The van der Waals surface area contributed by atoms with Crippen LogP contribution in [0.15, 0.2) is 126 Å². The molecule has 0 aliphatic heterocycles. The highest BCUT2D eigenvalue weighted by atomic mass is 15.1. The highest BCUT2D eigenvalue weighted by Gasteiger charge is 2.09. The van der Waals surface area contributed by atoms with Crippen molar-refractivity contribution < 1.29 is 0 Å². The summed E-state index contributed by atoms with van der Waals surface area (Å²) in [5.41, 5.74) is 5.85. The van der Waals surface area contributed by atoms with E-state index in [1.807, 2.05) is 36.6 Å². The van der Waals surface area contributed by atoms with Gasteiger partial charge in [-0.05, 0) is 41.0 Å². The van der Waals surface area contributed by atoms with Crippen LogP contribution in [0.2, 0.25) is 0 Å². The third kappa shape index (κ3) is 6.28. The molecule has 0 heterocycles. The van der Waals surface area contributed by atoms with E-state index in [4.69, 9.17) is 0 Å². The number of anilines is 1. The predicted octanol–water partition coefficient (Wildman–Crippen LogP) is 7.31. The summed E-state index contributed by atoms with van der Waals surface area (Å²) in [7, 11) is 0. The van der Waals surface area contributed by atoms with E-state index in [1.54, 1.807) is 0 Å². The summed E-state index contributed by atoms with van der Waals surface area (Å²) in [6.45, 7) is 1.69. The minimum absolute atomic E-state index is 0.844. The van der Waals surface area contributed by atoms with Crippen molar-refractivity contribution in [1.82, 2.24) is 0 Å². The summed E-state index contributed by atoms with van der Waals surface area (Å²) in [5.74, 6) is 0. The molecule has 0 atom stereocenters. The molecule has 0 aromatic heterocycles. The Morgan fingerprint density at radius 3 is 1.81 bits per heavy atom. The van der Waals surface area contributed by atoms with Crippen LogP contribution in [-0.4, -0.2) is 6.21 Å². The van der Waals surface area contributed by atoms with Crippen LogP contribution in [0.25, 0.3) is 6.08 Å². The van der Waals surface area contributed by atoms with Gasteiger partial charge in [0, 0.05) is 25.0 Å². The second kappa shape index (κ2) is 10.7. The first kappa shape index (κ1) is 20.4. The molecule has 4 aromatic carbocycles. The highest BCUT2D eigenvalue weighted by Crippen LogP contribution is 2.25. The van der Waals surface area contributed by atoms with Gasteiger partial charge in [-0.15, -0.1) is 0 Å². The first-order chi connectivity index (χ1) is 15.4. The van der Waals surface area contributed by atoms with Gasteiger partial charge in [-0.2, -0.15) is 0 Å². The number of hydrogen-bond donors (Lipinski definition) is 0. The second-order valence-electron chi connectivity index (χ2n) is 7.40. The Bertz CT molecular complexity index is 1080. The summed E-state index contributed by atoms with van der Waals surface area (Å²) in [6, 6.07) is 39.9. The maximum absolute atomic E-state index is 4.64. The number of allylic oxidation sites excluding steroid dienone is 1. The van der Waals surface area contributed by atoms with Gasteiger partial charge in [0.05, 0.1) is 5.69 Å². The minimum Gasteiger partial charge on any atom is -0.363 e. The lowest BCUT2D eigenvalue weighted by molar-refractivity contribution is 0.800. The quantitative estimate of drug-likeness (QED) is 0.282. The van der Waals surface area contributed by atoms with Crippen LogP contribution >= 0.6 is 0 Å². The molecule has 0 aliphatic rings. The molecule has 4 rings (SSSR count). The van der Waals surface area contributed by atoms with E-state index in [0.29, 0.717) is 0 Å². The van der Waals surface area contributed by atoms with Crippen LogP contribution in [0.1, 0.15) is 16.7 Å². The molecule has 31 heavy (non-hydrogen) atoms. The van der Waals surface area contributed by atoms with Crippen LogP contribution in [0, 0.1) is 0 Å². The number of aliphatic imine (C=N–C) groups is 1. The van der Waals surface area contributed by atoms with E-state index in [1.165, 1.54) is 16.7 Å². The summed E-state index contributed by atoms with van der Waals surface area (Å²) in [5, 5.41) is 0. The SMILES string of the molecule is C(/C=C/c1ccccc1)=Nc1cccc(N(Cc2ccccc2)Cc2ccccc2)c1. The molecule has 0 amide bonds. The zero-order valence-electron chi connectivity index (χ0n) is 17.5. The van der Waals surface area contributed by atoms with Gasteiger partial charge in [0.15, 0.2) is 0 Å². The standard InChI is InChI=1S/C29H26N2/c1-4-12-25(13-5-1)18-11-21-30-28-19-10-20-29(22-28)31(23-26-14-6-2-7-15-26)24-27-16-8-3-9-17-27/h1-22H,23-24H2/b18-11+,30-21?. The fourth-order valence-corrected chi connectivity index (χ4v) is 3.46. The van der Waals surface area contributed by atoms with Crippen LogP contribution < -0.4 is 4.90 Å². The molecule has 0 spiro atoms. The van der Waals surface area contributed by atoms with E-state index in [2.05, 4.69) is 107 Å². The van der Waals surface area contributed by atoms with Crippen LogP contribution in [0.4, 0.5) is 11.4 Å². The number of rotatable bonds is 8. The Balaban J connectivity index is 1.53. The summed E-state index contributed by atoms with van der Waals surface area (Å²) >= 11 is 0. The van der Waals surface area contributed by atoms with Crippen molar-refractivity contribution in [2.75, 3.05) is 4.90 Å². The highest BCUT2D eigenvalue weighted by molar-refractivity contribution is 5.80. The lowest BCUT2D eigenvalue weighted by atomic mass is 10.1. The van der Waals surface area contributed by atoms with Crippen LogP contribution in [-0.2, 0) is 13.1 Å². The summed E-state index contributed by atoms with van der Waals surface area (Å²) in [6.07, 6.45) is 5.89. The molecule has 0 unspecified atom stereocenters. The molecular formula is C29H26N2. The van der Waals surface area contributed by atoms with E-state index >= 15 is 0 Å². The Kier molecular flexibility index (Phi) is 7.06. The number of benzene rings is 4. The Morgan fingerprint density at radius 2 is 1.19 bits per heavy atom. The molecule has 0 bridgehead atoms. The average molecular weight is 403 g/mol. The molecule has 0 fully saturated rings. The lowest BCUT2D eigenvalue weighted by Crippen LogP contribution is -2.22. The monoisotopic (exact) mass is 402 g/mol. The lowest BCUT2D eigenvalue weighted by Gasteiger charge is -2.25. The first-order valence-corrected chi connectivity index (χ1v) is 10.6. The molecule has 0 saturated carbocycles.